The van der Waals surface area contributed by atoms with Crippen LogP contribution in [0.3, 0.4) is 0 Å². The van der Waals surface area contributed by atoms with Crippen LogP contribution in [0.1, 0.15) is 36.4 Å². The Kier molecular flexibility index (Phi) is 3.05. The average Bonchev–Trinajstić information content (AvgIpc) is 3.14. The lowest BCUT2D eigenvalue weighted by Crippen LogP contribution is -2.31. The number of rotatable bonds is 3. The molecule has 1 fully saturated rings. The average molecular weight is 294 g/mol. The molecule has 1 aromatic carbocycles. The first-order valence-corrected chi connectivity index (χ1v) is 7.08. The third-order valence-corrected chi connectivity index (χ3v) is 4.48. The molecule has 0 saturated heterocycles. The Balaban J connectivity index is 1.83. The molecule has 3 rings (SSSR count). The number of carbonyl (C=O) groups excluding carboxylic acids is 1. The molecule has 1 N–H and O–H groups in total. The number of hydrogen-bond acceptors (Lipinski definition) is 2. The van der Waals surface area contributed by atoms with Gasteiger partial charge in [-0.05, 0) is 43.0 Å². The van der Waals surface area contributed by atoms with Gasteiger partial charge >= 0.3 is 0 Å². The molecule has 0 radical (unpaired) electrons. The molecular formula is C14H16BrNO. The highest BCUT2D eigenvalue weighted by Gasteiger charge is 2.32. The second-order valence-electron chi connectivity index (χ2n) is 5.01. The van der Waals surface area contributed by atoms with E-state index in [1.807, 2.05) is 0 Å². The van der Waals surface area contributed by atoms with Gasteiger partial charge in [-0.1, -0.05) is 28.1 Å². The van der Waals surface area contributed by atoms with E-state index in [-0.39, 0.29) is 6.04 Å². The van der Waals surface area contributed by atoms with Gasteiger partial charge in [-0.2, -0.15) is 0 Å². The summed E-state index contributed by atoms with van der Waals surface area (Å²) in [5.74, 6) is 0.810. The summed E-state index contributed by atoms with van der Waals surface area (Å²) in [6, 6.07) is 6.52. The van der Waals surface area contributed by atoms with Gasteiger partial charge in [-0.3, -0.25) is 4.79 Å². The second-order valence-corrected chi connectivity index (χ2v) is 5.86. The summed E-state index contributed by atoms with van der Waals surface area (Å²) < 4.78 is 1.18. The predicted molar refractivity (Wildman–Crippen MR) is 70.9 cm³/mol. The fourth-order valence-electron chi connectivity index (χ4n) is 2.60. The van der Waals surface area contributed by atoms with E-state index >= 15 is 0 Å². The molecule has 0 bridgehead atoms. The van der Waals surface area contributed by atoms with E-state index in [4.69, 9.17) is 0 Å². The minimum absolute atomic E-state index is 0.226. The molecule has 1 heterocycles. The Hall–Kier alpha value is -0.670. The van der Waals surface area contributed by atoms with Crippen LogP contribution in [0.15, 0.2) is 22.7 Å². The maximum absolute atomic E-state index is 11.9. The number of Topliss-reactive ketones (excluding diaryl/α,β-unsaturated/α-hetero) is 1. The van der Waals surface area contributed by atoms with Crippen molar-refractivity contribution in [2.75, 3.05) is 6.54 Å². The standard InChI is InChI=1S/C14H16BrNO/c15-12-3-1-2-11-10(12)6-7-16-13(11)8-14(17)9-4-5-9/h1-3,9,13,16H,4-8H2. The maximum Gasteiger partial charge on any atom is 0.137 e. The van der Waals surface area contributed by atoms with Gasteiger partial charge in [0.1, 0.15) is 5.78 Å². The van der Waals surface area contributed by atoms with Crippen molar-refractivity contribution in [3.05, 3.63) is 33.8 Å². The largest absolute Gasteiger partial charge is 0.309 e. The van der Waals surface area contributed by atoms with Crippen molar-refractivity contribution in [1.82, 2.24) is 5.32 Å². The first kappa shape index (κ1) is 11.4. The third kappa shape index (κ3) is 2.31. The Bertz CT molecular complexity index is 454. The van der Waals surface area contributed by atoms with E-state index in [0.29, 0.717) is 18.1 Å². The van der Waals surface area contributed by atoms with Gasteiger partial charge in [0.2, 0.25) is 0 Å². The number of carbonyl (C=O) groups is 1. The molecule has 1 saturated carbocycles. The van der Waals surface area contributed by atoms with Crippen LogP contribution in [0, 0.1) is 5.92 Å². The van der Waals surface area contributed by atoms with Crippen LogP contribution >= 0.6 is 15.9 Å². The molecule has 0 spiro atoms. The number of hydrogen-bond donors (Lipinski definition) is 1. The van der Waals surface area contributed by atoms with Gasteiger partial charge < -0.3 is 5.32 Å². The first-order chi connectivity index (χ1) is 8.25. The number of benzene rings is 1. The summed E-state index contributed by atoms with van der Waals surface area (Å²) in [4.78, 5) is 11.9. The van der Waals surface area contributed by atoms with Crippen LogP contribution in [0.2, 0.25) is 0 Å². The molecule has 1 aliphatic heterocycles. The molecule has 1 atom stereocenters. The summed E-state index contributed by atoms with van der Waals surface area (Å²) in [5.41, 5.74) is 2.68. The highest BCUT2D eigenvalue weighted by molar-refractivity contribution is 9.10. The zero-order chi connectivity index (χ0) is 11.8. The number of ketones is 1. The quantitative estimate of drug-likeness (QED) is 0.928. The minimum atomic E-state index is 0.226. The number of halogens is 1. The topological polar surface area (TPSA) is 29.1 Å². The van der Waals surface area contributed by atoms with Gasteiger partial charge in [0.15, 0.2) is 0 Å². The summed E-state index contributed by atoms with van der Waals surface area (Å²) in [5, 5.41) is 3.47. The molecule has 90 valence electrons. The smallest absolute Gasteiger partial charge is 0.137 e. The zero-order valence-electron chi connectivity index (χ0n) is 9.71. The van der Waals surface area contributed by atoms with Gasteiger partial charge in [0, 0.05) is 22.9 Å². The fraction of sp³-hybridized carbons (Fsp3) is 0.500. The second kappa shape index (κ2) is 4.54. The Morgan fingerprint density at radius 3 is 3.00 bits per heavy atom. The van der Waals surface area contributed by atoms with Crippen molar-refractivity contribution in [2.45, 2.75) is 31.7 Å². The fourth-order valence-corrected chi connectivity index (χ4v) is 3.18. The SMILES string of the molecule is O=C(CC1NCCc2c(Br)cccc21)C1CC1. The van der Waals surface area contributed by atoms with Crippen molar-refractivity contribution < 1.29 is 4.79 Å². The van der Waals surface area contributed by atoms with Crippen LogP contribution in [0.25, 0.3) is 0 Å². The van der Waals surface area contributed by atoms with Gasteiger partial charge in [0.05, 0.1) is 0 Å². The van der Waals surface area contributed by atoms with Crippen LogP contribution < -0.4 is 5.32 Å². The molecule has 2 nitrogen and oxygen atoms in total. The van der Waals surface area contributed by atoms with Crippen LogP contribution in [-0.2, 0) is 11.2 Å². The van der Waals surface area contributed by atoms with E-state index in [1.165, 1.54) is 15.6 Å². The molecule has 0 amide bonds. The van der Waals surface area contributed by atoms with Crippen molar-refractivity contribution in [2.24, 2.45) is 5.92 Å². The minimum Gasteiger partial charge on any atom is -0.309 e. The van der Waals surface area contributed by atoms with Gasteiger partial charge in [-0.25, -0.2) is 0 Å². The van der Waals surface area contributed by atoms with Crippen molar-refractivity contribution in [3.8, 4) is 0 Å². The number of fused-ring (bicyclic) bond motifs is 1. The van der Waals surface area contributed by atoms with Gasteiger partial charge in [0.25, 0.3) is 0 Å². The van der Waals surface area contributed by atoms with Gasteiger partial charge in [-0.15, -0.1) is 0 Å². The predicted octanol–water partition coefficient (Wildman–Crippen LogP) is 3.01. The van der Waals surface area contributed by atoms with E-state index in [2.05, 4.69) is 39.4 Å². The van der Waals surface area contributed by atoms with E-state index < -0.39 is 0 Å². The van der Waals surface area contributed by atoms with Crippen LogP contribution in [-0.4, -0.2) is 12.3 Å². The first-order valence-electron chi connectivity index (χ1n) is 6.29. The Labute approximate surface area is 110 Å². The number of nitrogens with one attached hydrogen (secondary N) is 1. The summed E-state index contributed by atoms with van der Waals surface area (Å²) in [6.07, 6.45) is 3.92. The normalized spacial score (nSPS) is 23.2. The van der Waals surface area contributed by atoms with Crippen molar-refractivity contribution in [1.29, 1.82) is 0 Å². The van der Waals surface area contributed by atoms with E-state index in [0.717, 1.165) is 25.8 Å². The summed E-state index contributed by atoms with van der Waals surface area (Å²) >= 11 is 3.60. The third-order valence-electron chi connectivity index (χ3n) is 3.73. The highest BCUT2D eigenvalue weighted by Crippen LogP contribution is 2.36. The lowest BCUT2D eigenvalue weighted by molar-refractivity contribution is -0.120. The molecular weight excluding hydrogens is 278 g/mol. The zero-order valence-corrected chi connectivity index (χ0v) is 11.3. The monoisotopic (exact) mass is 293 g/mol. The summed E-state index contributed by atoms with van der Waals surface area (Å²) in [6.45, 7) is 0.970. The molecule has 1 unspecified atom stereocenters. The van der Waals surface area contributed by atoms with Crippen LogP contribution in [0.5, 0.6) is 0 Å². The van der Waals surface area contributed by atoms with Crippen molar-refractivity contribution >= 4 is 21.7 Å². The van der Waals surface area contributed by atoms with Crippen molar-refractivity contribution in [3.63, 3.8) is 0 Å². The lowest BCUT2D eigenvalue weighted by atomic mass is 9.91. The van der Waals surface area contributed by atoms with Crippen LogP contribution in [0.4, 0.5) is 0 Å². The molecule has 1 aliphatic carbocycles. The lowest BCUT2D eigenvalue weighted by Gasteiger charge is -2.27. The van der Waals surface area contributed by atoms with E-state index in [9.17, 15) is 4.79 Å². The highest BCUT2D eigenvalue weighted by atomic mass is 79.9. The molecule has 17 heavy (non-hydrogen) atoms. The Morgan fingerprint density at radius 2 is 2.24 bits per heavy atom. The van der Waals surface area contributed by atoms with E-state index in [1.54, 1.807) is 0 Å². The molecule has 0 aromatic heterocycles. The summed E-state index contributed by atoms with van der Waals surface area (Å²) in [7, 11) is 0. The molecule has 2 aliphatic rings. The Morgan fingerprint density at radius 1 is 1.41 bits per heavy atom. The molecule has 3 heteroatoms. The molecule has 1 aromatic rings. The maximum atomic E-state index is 11.9.